The van der Waals surface area contributed by atoms with Crippen molar-refractivity contribution in [3.63, 3.8) is 0 Å². The van der Waals surface area contributed by atoms with E-state index in [1.807, 2.05) is 19.2 Å². The molecule has 3 aromatic rings. The molecule has 1 saturated heterocycles. The molecule has 2 aromatic carbocycles. The third kappa shape index (κ3) is 7.35. The summed E-state index contributed by atoms with van der Waals surface area (Å²) in [4.78, 5) is 7.36. The van der Waals surface area contributed by atoms with Gasteiger partial charge in [0.1, 0.15) is 0 Å². The van der Waals surface area contributed by atoms with Crippen LogP contribution in [0.15, 0.2) is 85.7 Å². The molecule has 2 aliphatic heterocycles. The molecule has 4 unspecified atom stereocenters. The minimum Gasteiger partial charge on any atom is -0.364 e. The van der Waals surface area contributed by atoms with Crippen molar-refractivity contribution in [1.29, 1.82) is 0 Å². The zero-order chi connectivity index (χ0) is 32.1. The van der Waals surface area contributed by atoms with Gasteiger partial charge in [0, 0.05) is 55.2 Å². The van der Waals surface area contributed by atoms with Crippen LogP contribution in [0.25, 0.3) is 11.1 Å². The molecule has 240 valence electrons. The molecule has 0 bridgehead atoms. The standard InChI is InChI=1S/C39H54N6/c1-7-9-19-39(5,6)26-34-33-25-31(17-18-36(33)44(8-2)38(34)32-16-13-20-42-37(32)27(3)40)30-15-12-14-29(23-30)24-35(41)28(4)45-22-11-10-21-43-45/h7,12-18,20,23,25,27,34-35,38,43H,1,4,8-11,19,21-22,24,26,40-41H2,2-3,5-6H3. The third-order valence-corrected chi connectivity index (χ3v) is 9.81. The summed E-state index contributed by atoms with van der Waals surface area (Å²) in [7, 11) is 0. The normalized spacial score (nSPS) is 19.7. The van der Waals surface area contributed by atoms with Crippen molar-refractivity contribution < 1.29 is 0 Å². The number of hydrogen-bond donors (Lipinski definition) is 3. The molecule has 0 aliphatic carbocycles. The van der Waals surface area contributed by atoms with E-state index in [-0.39, 0.29) is 23.5 Å². The predicted octanol–water partition coefficient (Wildman–Crippen LogP) is 7.80. The third-order valence-electron chi connectivity index (χ3n) is 9.81. The molecule has 0 saturated carbocycles. The monoisotopic (exact) mass is 606 g/mol. The van der Waals surface area contributed by atoms with Gasteiger partial charge in [0.15, 0.2) is 0 Å². The van der Waals surface area contributed by atoms with Crippen LogP contribution in [0.5, 0.6) is 0 Å². The Bertz CT molecular complexity index is 1470. The summed E-state index contributed by atoms with van der Waals surface area (Å²) in [5.74, 6) is 0.304. The van der Waals surface area contributed by atoms with Gasteiger partial charge in [-0.2, -0.15) is 0 Å². The van der Waals surface area contributed by atoms with Crippen molar-refractivity contribution >= 4 is 5.69 Å². The van der Waals surface area contributed by atoms with Crippen molar-refractivity contribution in [3.05, 3.63) is 108 Å². The fourth-order valence-electron chi connectivity index (χ4n) is 7.44. The maximum atomic E-state index is 6.68. The Morgan fingerprint density at radius 2 is 1.89 bits per heavy atom. The molecular formula is C39H54N6. The van der Waals surface area contributed by atoms with Crippen LogP contribution in [0.3, 0.4) is 0 Å². The van der Waals surface area contributed by atoms with E-state index in [0.717, 1.165) is 56.7 Å². The number of nitrogens with zero attached hydrogens (tertiary/aromatic N) is 3. The first-order valence-electron chi connectivity index (χ1n) is 16.9. The Hall–Kier alpha value is -3.45. The van der Waals surface area contributed by atoms with Crippen molar-refractivity contribution in [2.24, 2.45) is 16.9 Å². The highest BCUT2D eigenvalue weighted by molar-refractivity contribution is 5.73. The van der Waals surface area contributed by atoms with E-state index in [0.29, 0.717) is 5.92 Å². The van der Waals surface area contributed by atoms with E-state index < -0.39 is 0 Å². The van der Waals surface area contributed by atoms with Crippen LogP contribution in [0.1, 0.15) is 100 Å². The number of nitrogens with one attached hydrogen (secondary N) is 1. The Balaban J connectivity index is 1.50. The maximum Gasteiger partial charge on any atom is 0.0630 e. The number of fused-ring (bicyclic) bond motifs is 1. The van der Waals surface area contributed by atoms with Gasteiger partial charge >= 0.3 is 0 Å². The molecule has 0 spiro atoms. The molecule has 0 amide bonds. The molecule has 6 nitrogen and oxygen atoms in total. The summed E-state index contributed by atoms with van der Waals surface area (Å²) in [5, 5.41) is 2.14. The quantitative estimate of drug-likeness (QED) is 0.172. The van der Waals surface area contributed by atoms with Gasteiger partial charge < -0.3 is 21.4 Å². The lowest BCUT2D eigenvalue weighted by Gasteiger charge is -2.35. The number of rotatable bonds is 13. The molecule has 5 N–H and O–H groups in total. The van der Waals surface area contributed by atoms with Crippen molar-refractivity contribution in [2.45, 2.75) is 90.3 Å². The number of allylic oxidation sites excluding steroid dienone is 1. The molecular weight excluding hydrogens is 552 g/mol. The zero-order valence-corrected chi connectivity index (χ0v) is 27.9. The lowest BCUT2D eigenvalue weighted by atomic mass is 9.74. The summed E-state index contributed by atoms with van der Waals surface area (Å²) >= 11 is 0. The largest absolute Gasteiger partial charge is 0.364 e. The maximum absolute atomic E-state index is 6.68. The predicted molar refractivity (Wildman–Crippen MR) is 190 cm³/mol. The van der Waals surface area contributed by atoms with E-state index in [1.165, 1.54) is 46.3 Å². The Morgan fingerprint density at radius 3 is 2.60 bits per heavy atom. The summed E-state index contributed by atoms with van der Waals surface area (Å²) < 4.78 is 0. The average molecular weight is 607 g/mol. The van der Waals surface area contributed by atoms with Gasteiger partial charge in [-0.25, -0.2) is 5.43 Å². The van der Waals surface area contributed by atoms with E-state index in [9.17, 15) is 0 Å². The van der Waals surface area contributed by atoms with Gasteiger partial charge in [0.25, 0.3) is 0 Å². The Morgan fingerprint density at radius 1 is 1.09 bits per heavy atom. The minimum atomic E-state index is -0.135. The first-order valence-corrected chi connectivity index (χ1v) is 16.9. The number of nitrogens with two attached hydrogens (primary N) is 2. The molecule has 1 aromatic heterocycles. The molecule has 4 atom stereocenters. The van der Waals surface area contributed by atoms with Crippen LogP contribution in [-0.2, 0) is 6.42 Å². The molecule has 0 radical (unpaired) electrons. The molecule has 45 heavy (non-hydrogen) atoms. The van der Waals surface area contributed by atoms with E-state index >= 15 is 0 Å². The highest BCUT2D eigenvalue weighted by atomic mass is 15.5. The van der Waals surface area contributed by atoms with Crippen LogP contribution in [0.4, 0.5) is 5.69 Å². The molecule has 1 fully saturated rings. The van der Waals surface area contributed by atoms with Crippen LogP contribution in [0, 0.1) is 5.41 Å². The highest BCUT2D eigenvalue weighted by Crippen LogP contribution is 2.55. The Labute approximate surface area is 271 Å². The van der Waals surface area contributed by atoms with Crippen molar-refractivity contribution in [2.75, 3.05) is 24.5 Å². The number of anilines is 1. The smallest absolute Gasteiger partial charge is 0.0630 e. The lowest BCUT2D eigenvalue weighted by molar-refractivity contribution is 0.192. The number of likely N-dealkylation sites (N-methyl/N-ethyl adjacent to an activating group) is 1. The highest BCUT2D eigenvalue weighted by Gasteiger charge is 2.42. The SMILES string of the molecule is C=CCCC(C)(C)CC1c2cc(-c3cccc(CC(N)C(=C)N4CCCCN4)c3)ccc2N(CC)C1c1cccnc1C(C)N. The molecule has 3 heterocycles. The second kappa shape index (κ2) is 14.3. The topological polar surface area (TPSA) is 83.4 Å². The average Bonchev–Trinajstić information content (AvgIpc) is 3.35. The van der Waals surface area contributed by atoms with Crippen LogP contribution in [-0.4, -0.2) is 35.7 Å². The van der Waals surface area contributed by atoms with E-state index in [2.05, 4.69) is 104 Å². The molecule has 5 rings (SSSR count). The molecule has 2 aliphatic rings. The molecule has 6 heteroatoms. The second-order valence-electron chi connectivity index (χ2n) is 13.8. The Kier molecular flexibility index (Phi) is 10.5. The zero-order valence-electron chi connectivity index (χ0n) is 27.9. The second-order valence-corrected chi connectivity index (χ2v) is 13.8. The summed E-state index contributed by atoms with van der Waals surface area (Å²) in [6.07, 6.45) is 10.2. The van der Waals surface area contributed by atoms with Crippen LogP contribution in [0.2, 0.25) is 0 Å². The first-order chi connectivity index (χ1) is 21.6. The number of benzene rings is 2. The number of hydrazine groups is 1. The van der Waals surface area contributed by atoms with Gasteiger partial charge in [0.05, 0.1) is 11.7 Å². The van der Waals surface area contributed by atoms with Gasteiger partial charge in [-0.15, -0.1) is 6.58 Å². The van der Waals surface area contributed by atoms with Crippen molar-refractivity contribution in [1.82, 2.24) is 15.4 Å². The van der Waals surface area contributed by atoms with E-state index in [4.69, 9.17) is 16.5 Å². The van der Waals surface area contributed by atoms with Gasteiger partial charge in [-0.3, -0.25) is 4.98 Å². The fourth-order valence-corrected chi connectivity index (χ4v) is 7.44. The van der Waals surface area contributed by atoms with Crippen LogP contribution < -0.4 is 21.8 Å². The number of pyridine rings is 1. The van der Waals surface area contributed by atoms with Crippen LogP contribution >= 0.6 is 0 Å². The summed E-state index contributed by atoms with van der Waals surface area (Å²) in [5.41, 5.74) is 26.4. The van der Waals surface area contributed by atoms with E-state index in [1.54, 1.807) is 0 Å². The minimum absolute atomic E-state index is 0.134. The first kappa shape index (κ1) is 32.9. The van der Waals surface area contributed by atoms with Gasteiger partial charge in [0.2, 0.25) is 0 Å². The summed E-state index contributed by atoms with van der Waals surface area (Å²) in [6.45, 7) is 20.3. The lowest BCUT2D eigenvalue weighted by Crippen LogP contribution is -2.47. The van der Waals surface area contributed by atoms with Crippen molar-refractivity contribution in [3.8, 4) is 11.1 Å². The van der Waals surface area contributed by atoms with Gasteiger partial charge in [-0.05, 0) is 104 Å². The van der Waals surface area contributed by atoms with Gasteiger partial charge in [-0.1, -0.05) is 62.9 Å². The fraction of sp³-hybridized carbons (Fsp3) is 0.462. The number of hydrogen-bond acceptors (Lipinski definition) is 6. The number of aromatic nitrogens is 1. The summed E-state index contributed by atoms with van der Waals surface area (Å²) in [6, 6.07) is 20.2.